The van der Waals surface area contributed by atoms with Crippen LogP contribution in [0.3, 0.4) is 0 Å². The lowest BCUT2D eigenvalue weighted by atomic mass is 10.2. The Labute approximate surface area is 139 Å². The van der Waals surface area contributed by atoms with Crippen molar-refractivity contribution in [2.45, 2.75) is 6.54 Å². The first-order valence-electron chi connectivity index (χ1n) is 7.37. The molecule has 1 aliphatic heterocycles. The number of thiophene rings is 1. The first-order chi connectivity index (χ1) is 10.7. The summed E-state index contributed by atoms with van der Waals surface area (Å²) in [6.45, 7) is 5.16. The van der Waals surface area contributed by atoms with E-state index in [4.69, 9.17) is 12.2 Å². The molecule has 1 saturated heterocycles. The summed E-state index contributed by atoms with van der Waals surface area (Å²) in [5.74, 6) is -0.234. The second-order valence-corrected chi connectivity index (χ2v) is 6.65. The first-order valence-corrected chi connectivity index (χ1v) is 8.72. The van der Waals surface area contributed by atoms with Crippen LogP contribution >= 0.6 is 23.6 Å². The number of benzene rings is 1. The molecule has 1 fully saturated rings. The predicted molar refractivity (Wildman–Crippen MR) is 92.9 cm³/mol. The fourth-order valence-electron chi connectivity index (χ4n) is 2.62. The molecule has 2 aromatic rings. The molecule has 1 aliphatic rings. The van der Waals surface area contributed by atoms with Crippen LogP contribution < -0.4 is 10.2 Å². The molecule has 0 atom stereocenters. The Hall–Kier alpha value is -1.50. The maximum absolute atomic E-state index is 12.9. The normalized spacial score (nSPS) is 15.8. The number of thiocarbonyl (C=S) groups is 1. The minimum absolute atomic E-state index is 0.234. The molecule has 3 rings (SSSR count). The summed E-state index contributed by atoms with van der Waals surface area (Å²) in [6.07, 6.45) is 0. The van der Waals surface area contributed by atoms with Gasteiger partial charge in [0.1, 0.15) is 12.4 Å². The minimum atomic E-state index is -0.234. The molecular weight excluding hydrogens is 317 g/mol. The number of quaternary nitrogens is 1. The van der Waals surface area contributed by atoms with E-state index in [9.17, 15) is 4.39 Å². The molecule has 1 aromatic carbocycles. The van der Waals surface area contributed by atoms with Crippen LogP contribution in [0, 0.1) is 5.82 Å². The first kappa shape index (κ1) is 15.4. The highest BCUT2D eigenvalue weighted by atomic mass is 32.1. The summed E-state index contributed by atoms with van der Waals surface area (Å²) in [4.78, 5) is 3.79. The third-order valence-corrected chi connectivity index (χ3v) is 4.98. The molecule has 22 heavy (non-hydrogen) atoms. The molecule has 0 bridgehead atoms. The van der Waals surface area contributed by atoms with E-state index in [-0.39, 0.29) is 5.82 Å². The van der Waals surface area contributed by atoms with Gasteiger partial charge in [-0.3, -0.25) is 0 Å². The molecule has 0 amide bonds. The molecule has 6 heteroatoms. The van der Waals surface area contributed by atoms with Gasteiger partial charge in [-0.25, -0.2) is 4.39 Å². The van der Waals surface area contributed by atoms with E-state index in [0.717, 1.165) is 43.5 Å². The van der Waals surface area contributed by atoms with Gasteiger partial charge in [0, 0.05) is 11.3 Å². The van der Waals surface area contributed by atoms with Crippen LogP contribution in [-0.2, 0) is 6.54 Å². The van der Waals surface area contributed by atoms with E-state index in [2.05, 4.69) is 27.0 Å². The topological polar surface area (TPSA) is 19.7 Å². The highest BCUT2D eigenvalue weighted by Gasteiger charge is 2.21. The molecule has 2 heterocycles. The van der Waals surface area contributed by atoms with Crippen molar-refractivity contribution in [3.63, 3.8) is 0 Å². The monoisotopic (exact) mass is 336 g/mol. The molecule has 1 aromatic heterocycles. The maximum Gasteiger partial charge on any atom is 0.173 e. The number of nitrogens with zero attached hydrogens (tertiary/aromatic N) is 1. The average Bonchev–Trinajstić information content (AvgIpc) is 3.03. The van der Waals surface area contributed by atoms with Crippen molar-refractivity contribution in [1.29, 1.82) is 0 Å². The lowest BCUT2D eigenvalue weighted by Gasteiger charge is -2.33. The molecule has 0 saturated carbocycles. The van der Waals surface area contributed by atoms with Crippen LogP contribution in [0.4, 0.5) is 10.1 Å². The minimum Gasteiger partial charge on any atom is -0.338 e. The Morgan fingerprint density at radius 1 is 1.23 bits per heavy atom. The van der Waals surface area contributed by atoms with Gasteiger partial charge >= 0.3 is 0 Å². The van der Waals surface area contributed by atoms with E-state index in [1.54, 1.807) is 28.4 Å². The van der Waals surface area contributed by atoms with Gasteiger partial charge in [-0.05, 0) is 53.3 Å². The van der Waals surface area contributed by atoms with E-state index in [0.29, 0.717) is 0 Å². The second kappa shape index (κ2) is 7.17. The Balaban J connectivity index is 1.48. The fourth-order valence-corrected chi connectivity index (χ4v) is 3.59. The largest absolute Gasteiger partial charge is 0.338 e. The SMILES string of the molecule is Fc1ccc(NC(=S)N2CC[NH+](Cc3ccsc3)CC2)cc1. The van der Waals surface area contributed by atoms with E-state index in [1.807, 2.05) is 0 Å². The summed E-state index contributed by atoms with van der Waals surface area (Å²) < 4.78 is 12.9. The van der Waals surface area contributed by atoms with Crippen molar-refractivity contribution >= 4 is 34.4 Å². The van der Waals surface area contributed by atoms with Crippen molar-refractivity contribution in [2.24, 2.45) is 0 Å². The maximum atomic E-state index is 12.9. The molecule has 0 radical (unpaired) electrons. The van der Waals surface area contributed by atoms with Crippen molar-refractivity contribution in [3.05, 3.63) is 52.5 Å². The number of anilines is 1. The zero-order valence-corrected chi connectivity index (χ0v) is 13.9. The van der Waals surface area contributed by atoms with Crippen LogP contribution in [-0.4, -0.2) is 36.2 Å². The number of halogens is 1. The molecule has 0 spiro atoms. The van der Waals surface area contributed by atoms with Crippen LogP contribution in [0.5, 0.6) is 0 Å². The Morgan fingerprint density at radius 2 is 1.95 bits per heavy atom. The molecule has 2 N–H and O–H groups in total. The van der Waals surface area contributed by atoms with Crippen molar-refractivity contribution in [2.75, 3.05) is 31.5 Å². The standard InChI is InChI=1S/C16H18FN3S2/c17-14-1-3-15(4-2-14)18-16(21)20-8-6-19(7-9-20)11-13-5-10-22-12-13/h1-5,10,12H,6-9,11H2,(H,18,21)/p+1. The molecule has 0 aliphatic carbocycles. The summed E-state index contributed by atoms with van der Waals surface area (Å²) in [6, 6.07) is 8.49. The fraction of sp³-hybridized carbons (Fsp3) is 0.312. The van der Waals surface area contributed by atoms with E-state index >= 15 is 0 Å². The van der Waals surface area contributed by atoms with Crippen LogP contribution in [0.25, 0.3) is 0 Å². The van der Waals surface area contributed by atoms with Gasteiger partial charge in [-0.15, -0.1) is 0 Å². The summed E-state index contributed by atoms with van der Waals surface area (Å²) in [5, 5.41) is 8.26. The number of hydrogen-bond donors (Lipinski definition) is 2. The van der Waals surface area contributed by atoms with Gasteiger partial charge in [-0.1, -0.05) is 0 Å². The van der Waals surface area contributed by atoms with Gasteiger partial charge in [0.2, 0.25) is 0 Å². The zero-order chi connectivity index (χ0) is 15.4. The van der Waals surface area contributed by atoms with E-state index in [1.165, 1.54) is 17.7 Å². The third kappa shape index (κ3) is 4.03. The lowest BCUT2D eigenvalue weighted by Crippen LogP contribution is -3.13. The molecule has 0 unspecified atom stereocenters. The number of piperazine rings is 1. The summed E-state index contributed by atoms with van der Waals surface area (Å²) in [5.41, 5.74) is 2.25. The predicted octanol–water partition coefficient (Wildman–Crippen LogP) is 1.98. The third-order valence-electron chi connectivity index (χ3n) is 3.89. The number of nitrogens with one attached hydrogen (secondary N) is 2. The van der Waals surface area contributed by atoms with Crippen molar-refractivity contribution < 1.29 is 9.29 Å². The quantitative estimate of drug-likeness (QED) is 0.837. The van der Waals surface area contributed by atoms with Gasteiger partial charge in [0.25, 0.3) is 0 Å². The zero-order valence-electron chi connectivity index (χ0n) is 12.2. The number of hydrogen-bond acceptors (Lipinski definition) is 2. The highest BCUT2D eigenvalue weighted by Crippen LogP contribution is 2.09. The van der Waals surface area contributed by atoms with Gasteiger partial charge in [0.15, 0.2) is 5.11 Å². The van der Waals surface area contributed by atoms with E-state index < -0.39 is 0 Å². The second-order valence-electron chi connectivity index (χ2n) is 5.48. The molecular formula is C16H19FN3S2+. The molecule has 116 valence electrons. The highest BCUT2D eigenvalue weighted by molar-refractivity contribution is 7.80. The Kier molecular flexibility index (Phi) is 5.02. The number of rotatable bonds is 3. The van der Waals surface area contributed by atoms with Crippen LogP contribution in [0.1, 0.15) is 5.56 Å². The Morgan fingerprint density at radius 3 is 2.59 bits per heavy atom. The summed E-state index contributed by atoms with van der Waals surface area (Å²) in [7, 11) is 0. The lowest BCUT2D eigenvalue weighted by molar-refractivity contribution is -0.917. The average molecular weight is 336 g/mol. The van der Waals surface area contributed by atoms with Gasteiger partial charge in [0.05, 0.1) is 26.2 Å². The van der Waals surface area contributed by atoms with Crippen molar-refractivity contribution in [1.82, 2.24) is 4.90 Å². The van der Waals surface area contributed by atoms with Crippen molar-refractivity contribution in [3.8, 4) is 0 Å². The van der Waals surface area contributed by atoms with Crippen LogP contribution in [0.2, 0.25) is 0 Å². The summed E-state index contributed by atoms with van der Waals surface area (Å²) >= 11 is 7.21. The Bertz CT molecular complexity index is 605. The van der Waals surface area contributed by atoms with Gasteiger partial charge in [-0.2, -0.15) is 11.3 Å². The van der Waals surface area contributed by atoms with Crippen LogP contribution in [0.15, 0.2) is 41.1 Å². The van der Waals surface area contributed by atoms with Gasteiger partial charge < -0.3 is 15.1 Å². The smallest absolute Gasteiger partial charge is 0.173 e. The molecule has 3 nitrogen and oxygen atoms in total.